The highest BCUT2D eigenvalue weighted by Gasteiger charge is 2.05. The van der Waals surface area contributed by atoms with Crippen molar-refractivity contribution in [1.82, 2.24) is 0 Å². The molecular formula is C16H19NO2. The Labute approximate surface area is 114 Å². The molecule has 100 valence electrons. The Morgan fingerprint density at radius 3 is 2.53 bits per heavy atom. The molecule has 0 spiro atoms. The number of hydrogen-bond donors (Lipinski definition) is 1. The number of hydrogen-bond acceptors (Lipinski definition) is 3. The van der Waals surface area contributed by atoms with E-state index in [1.807, 2.05) is 56.3 Å². The van der Waals surface area contributed by atoms with Crippen molar-refractivity contribution >= 4 is 5.69 Å². The molecule has 3 nitrogen and oxygen atoms in total. The molecule has 0 unspecified atom stereocenters. The lowest BCUT2D eigenvalue weighted by atomic mass is 10.2. The fraction of sp³-hybridized carbons (Fsp3) is 0.250. The number of rotatable bonds is 5. The molecule has 0 amide bonds. The monoisotopic (exact) mass is 257 g/mol. The van der Waals surface area contributed by atoms with Crippen LogP contribution in [-0.2, 0) is 6.61 Å². The molecule has 2 N–H and O–H groups in total. The summed E-state index contributed by atoms with van der Waals surface area (Å²) >= 11 is 0. The van der Waals surface area contributed by atoms with Crippen molar-refractivity contribution in [3.63, 3.8) is 0 Å². The first kappa shape index (κ1) is 13.3. The van der Waals surface area contributed by atoms with Gasteiger partial charge in [0.05, 0.1) is 6.61 Å². The minimum absolute atomic E-state index is 0.487. The summed E-state index contributed by atoms with van der Waals surface area (Å²) < 4.78 is 11.4. The van der Waals surface area contributed by atoms with E-state index < -0.39 is 0 Å². The Morgan fingerprint density at radius 2 is 1.79 bits per heavy atom. The Bertz CT molecular complexity index is 552. The third-order valence-corrected chi connectivity index (χ3v) is 2.85. The molecule has 2 aromatic rings. The van der Waals surface area contributed by atoms with E-state index in [4.69, 9.17) is 15.2 Å². The van der Waals surface area contributed by atoms with Crippen molar-refractivity contribution < 1.29 is 9.47 Å². The van der Waals surface area contributed by atoms with Crippen LogP contribution in [0.1, 0.15) is 18.1 Å². The zero-order valence-corrected chi connectivity index (χ0v) is 11.3. The van der Waals surface area contributed by atoms with E-state index in [9.17, 15) is 0 Å². The van der Waals surface area contributed by atoms with Crippen LogP contribution in [0.3, 0.4) is 0 Å². The van der Waals surface area contributed by atoms with Gasteiger partial charge in [-0.1, -0.05) is 18.2 Å². The highest BCUT2D eigenvalue weighted by molar-refractivity contribution is 5.47. The van der Waals surface area contributed by atoms with Crippen LogP contribution in [-0.4, -0.2) is 6.61 Å². The van der Waals surface area contributed by atoms with Gasteiger partial charge in [-0.25, -0.2) is 0 Å². The minimum atomic E-state index is 0.487. The van der Waals surface area contributed by atoms with Gasteiger partial charge in [-0.05, 0) is 43.7 Å². The summed E-state index contributed by atoms with van der Waals surface area (Å²) in [5.41, 5.74) is 8.55. The van der Waals surface area contributed by atoms with Crippen molar-refractivity contribution in [3.8, 4) is 11.5 Å². The average molecular weight is 257 g/mol. The van der Waals surface area contributed by atoms with Gasteiger partial charge < -0.3 is 15.2 Å². The van der Waals surface area contributed by atoms with Gasteiger partial charge >= 0.3 is 0 Å². The first-order chi connectivity index (χ1) is 9.20. The van der Waals surface area contributed by atoms with Crippen LogP contribution in [0.2, 0.25) is 0 Å². The van der Waals surface area contributed by atoms with Gasteiger partial charge in [-0.3, -0.25) is 0 Å². The van der Waals surface area contributed by atoms with E-state index >= 15 is 0 Å². The molecule has 2 rings (SSSR count). The molecule has 2 aromatic carbocycles. The highest BCUT2D eigenvalue weighted by Crippen LogP contribution is 2.24. The third kappa shape index (κ3) is 3.41. The van der Waals surface area contributed by atoms with Gasteiger partial charge in [0.1, 0.15) is 18.1 Å². The standard InChI is InChI=1S/C16H19NO2/c1-3-18-16-7-5-4-6-13(16)11-19-15-9-8-14(17)10-12(15)2/h4-10H,3,11,17H2,1-2H3. The van der Waals surface area contributed by atoms with Crippen molar-refractivity contribution in [1.29, 1.82) is 0 Å². The molecule has 0 atom stereocenters. The van der Waals surface area contributed by atoms with Crippen molar-refractivity contribution in [2.75, 3.05) is 12.3 Å². The van der Waals surface area contributed by atoms with Crippen LogP contribution < -0.4 is 15.2 Å². The Morgan fingerprint density at radius 1 is 1.00 bits per heavy atom. The van der Waals surface area contributed by atoms with E-state index in [1.54, 1.807) is 0 Å². The smallest absolute Gasteiger partial charge is 0.125 e. The van der Waals surface area contributed by atoms with Gasteiger partial charge in [0, 0.05) is 11.3 Å². The zero-order valence-electron chi connectivity index (χ0n) is 11.3. The summed E-state index contributed by atoms with van der Waals surface area (Å²) in [4.78, 5) is 0. The number of para-hydroxylation sites is 1. The van der Waals surface area contributed by atoms with Crippen molar-refractivity contribution in [3.05, 3.63) is 53.6 Å². The summed E-state index contributed by atoms with van der Waals surface area (Å²) in [6.45, 7) is 5.10. The summed E-state index contributed by atoms with van der Waals surface area (Å²) in [5.74, 6) is 1.72. The molecule has 19 heavy (non-hydrogen) atoms. The lowest BCUT2D eigenvalue weighted by molar-refractivity contribution is 0.285. The number of benzene rings is 2. The molecule has 0 aromatic heterocycles. The normalized spacial score (nSPS) is 10.2. The predicted octanol–water partition coefficient (Wildman–Crippen LogP) is 3.55. The van der Waals surface area contributed by atoms with Crippen LogP contribution in [0.25, 0.3) is 0 Å². The Hall–Kier alpha value is -2.16. The number of aryl methyl sites for hydroxylation is 1. The molecule has 0 aliphatic heterocycles. The van der Waals surface area contributed by atoms with Gasteiger partial charge in [-0.2, -0.15) is 0 Å². The maximum atomic E-state index is 5.83. The number of nitrogens with two attached hydrogens (primary N) is 1. The Balaban J connectivity index is 2.10. The molecule has 3 heteroatoms. The largest absolute Gasteiger partial charge is 0.493 e. The first-order valence-corrected chi connectivity index (χ1v) is 6.40. The third-order valence-electron chi connectivity index (χ3n) is 2.85. The SMILES string of the molecule is CCOc1ccccc1COc1ccc(N)cc1C. The second-order valence-corrected chi connectivity index (χ2v) is 4.35. The summed E-state index contributed by atoms with van der Waals surface area (Å²) in [6, 6.07) is 13.6. The van der Waals surface area contributed by atoms with Crippen LogP contribution in [0, 0.1) is 6.92 Å². The lowest BCUT2D eigenvalue weighted by Gasteiger charge is -2.13. The fourth-order valence-corrected chi connectivity index (χ4v) is 1.91. The molecule has 0 heterocycles. The lowest BCUT2D eigenvalue weighted by Crippen LogP contribution is -2.01. The summed E-state index contributed by atoms with van der Waals surface area (Å²) in [7, 11) is 0. The highest BCUT2D eigenvalue weighted by atomic mass is 16.5. The Kier molecular flexibility index (Phi) is 4.29. The number of anilines is 1. The van der Waals surface area contributed by atoms with Crippen LogP contribution in [0.4, 0.5) is 5.69 Å². The minimum Gasteiger partial charge on any atom is -0.493 e. The quantitative estimate of drug-likeness (QED) is 0.833. The van der Waals surface area contributed by atoms with E-state index in [0.29, 0.717) is 13.2 Å². The van der Waals surface area contributed by atoms with Gasteiger partial charge in [-0.15, -0.1) is 0 Å². The van der Waals surface area contributed by atoms with E-state index in [1.165, 1.54) is 0 Å². The second-order valence-electron chi connectivity index (χ2n) is 4.35. The van der Waals surface area contributed by atoms with Crippen LogP contribution in [0.15, 0.2) is 42.5 Å². The van der Waals surface area contributed by atoms with E-state index in [2.05, 4.69) is 0 Å². The van der Waals surface area contributed by atoms with Crippen molar-refractivity contribution in [2.45, 2.75) is 20.5 Å². The van der Waals surface area contributed by atoms with Crippen LogP contribution in [0.5, 0.6) is 11.5 Å². The maximum absolute atomic E-state index is 5.83. The molecular weight excluding hydrogens is 238 g/mol. The summed E-state index contributed by atoms with van der Waals surface area (Å²) in [6.07, 6.45) is 0. The van der Waals surface area contributed by atoms with Crippen molar-refractivity contribution in [2.24, 2.45) is 0 Å². The molecule has 0 bridgehead atoms. The molecule has 0 fully saturated rings. The summed E-state index contributed by atoms with van der Waals surface area (Å²) in [5, 5.41) is 0. The molecule has 0 aliphatic rings. The zero-order chi connectivity index (χ0) is 13.7. The maximum Gasteiger partial charge on any atom is 0.125 e. The fourth-order valence-electron chi connectivity index (χ4n) is 1.91. The van der Waals surface area contributed by atoms with Gasteiger partial charge in [0.25, 0.3) is 0 Å². The molecule has 0 aliphatic carbocycles. The molecule has 0 saturated heterocycles. The average Bonchev–Trinajstić information content (AvgIpc) is 2.40. The van der Waals surface area contributed by atoms with Crippen LogP contribution >= 0.6 is 0 Å². The topological polar surface area (TPSA) is 44.5 Å². The van der Waals surface area contributed by atoms with Gasteiger partial charge in [0.15, 0.2) is 0 Å². The number of nitrogen functional groups attached to an aromatic ring is 1. The van der Waals surface area contributed by atoms with E-state index in [-0.39, 0.29) is 0 Å². The molecule has 0 saturated carbocycles. The van der Waals surface area contributed by atoms with Gasteiger partial charge in [0.2, 0.25) is 0 Å². The second kappa shape index (κ2) is 6.14. The van der Waals surface area contributed by atoms with E-state index in [0.717, 1.165) is 28.3 Å². The predicted molar refractivity (Wildman–Crippen MR) is 77.5 cm³/mol. The number of ether oxygens (including phenoxy) is 2. The first-order valence-electron chi connectivity index (χ1n) is 6.40. The molecule has 0 radical (unpaired) electrons.